The average Bonchev–Trinajstić information content (AvgIpc) is 1.66. The molecule has 1 unspecified atom stereocenters. The molecule has 2 nitrogen and oxygen atoms in total. The zero-order valence-electron chi connectivity index (χ0n) is 4.87. The second-order valence-corrected chi connectivity index (χ2v) is 1.37. The van der Waals surface area contributed by atoms with Gasteiger partial charge in [-0.2, -0.15) is 0 Å². The van der Waals surface area contributed by atoms with Crippen LogP contribution in [0.15, 0.2) is 25.2 Å². The summed E-state index contributed by atoms with van der Waals surface area (Å²) in [5, 5.41) is 8.58. The molecule has 0 amide bonds. The van der Waals surface area contributed by atoms with E-state index in [1.54, 1.807) is 6.92 Å². The van der Waals surface area contributed by atoms with Crippen LogP contribution < -0.4 is 0 Å². The minimum Gasteiger partial charge on any atom is -0.473 e. The molecule has 0 aliphatic carbocycles. The minimum absolute atomic E-state index is 0.449. The first-order valence-electron chi connectivity index (χ1n) is 2.38. The van der Waals surface area contributed by atoms with Gasteiger partial charge in [0.2, 0.25) is 0 Å². The largest absolute Gasteiger partial charge is 0.473 e. The zero-order chi connectivity index (χ0) is 6.41. The number of hydrogen-bond donors (Lipinski definition) is 1. The van der Waals surface area contributed by atoms with E-state index in [1.165, 1.54) is 18.6 Å². The summed E-state index contributed by atoms with van der Waals surface area (Å²) in [6.45, 7) is 4.94. The van der Waals surface area contributed by atoms with E-state index < -0.39 is 6.10 Å². The Bertz CT molecular complexity index is 84.5. The summed E-state index contributed by atoms with van der Waals surface area (Å²) >= 11 is 0. The van der Waals surface area contributed by atoms with E-state index in [0.29, 0.717) is 0 Å². The Labute approximate surface area is 49.1 Å². The van der Waals surface area contributed by atoms with Gasteiger partial charge in [-0.05, 0) is 13.0 Å². The minimum atomic E-state index is -0.449. The number of rotatable bonds is 3. The second kappa shape index (κ2) is 4.40. The summed E-state index contributed by atoms with van der Waals surface area (Å²) in [5.41, 5.74) is 0. The van der Waals surface area contributed by atoms with Gasteiger partial charge in [0.25, 0.3) is 0 Å². The van der Waals surface area contributed by atoms with Gasteiger partial charge in [0.15, 0.2) is 0 Å². The predicted molar refractivity (Wildman–Crippen MR) is 32.1 cm³/mol. The standard InChI is InChI=1S/C6H10O2/c1-3-8-5-4-6(2)7/h3-7H,1H2,2H3. The predicted octanol–water partition coefficient (Wildman–Crippen LogP) is 1.04. The molecule has 8 heavy (non-hydrogen) atoms. The molecule has 0 saturated heterocycles. The van der Waals surface area contributed by atoms with E-state index in [9.17, 15) is 0 Å². The third kappa shape index (κ3) is 5.24. The third-order valence-corrected chi connectivity index (χ3v) is 0.532. The Kier molecular flexibility index (Phi) is 3.98. The fourth-order valence-corrected chi connectivity index (χ4v) is 0.215. The van der Waals surface area contributed by atoms with Crippen LogP contribution in [-0.2, 0) is 4.74 Å². The summed E-state index contributed by atoms with van der Waals surface area (Å²) in [5.74, 6) is 0. The fraction of sp³-hybridized carbons (Fsp3) is 0.333. The maximum atomic E-state index is 8.58. The molecule has 0 aromatic rings. The highest BCUT2D eigenvalue weighted by Crippen LogP contribution is 1.83. The molecule has 1 atom stereocenters. The lowest BCUT2D eigenvalue weighted by atomic mass is 10.4. The van der Waals surface area contributed by atoms with Gasteiger partial charge in [0.05, 0.1) is 18.6 Å². The molecule has 0 aliphatic heterocycles. The maximum Gasteiger partial charge on any atom is 0.0886 e. The highest BCUT2D eigenvalue weighted by molar-refractivity contribution is 4.80. The molecular formula is C6H10O2. The SMILES string of the molecule is C=COC=CC(C)O. The molecule has 0 radical (unpaired) electrons. The van der Waals surface area contributed by atoms with Gasteiger partial charge in [0, 0.05) is 0 Å². The first-order valence-corrected chi connectivity index (χ1v) is 2.38. The number of ether oxygens (including phenoxy) is 1. The van der Waals surface area contributed by atoms with Gasteiger partial charge < -0.3 is 9.84 Å². The third-order valence-electron chi connectivity index (χ3n) is 0.532. The summed E-state index contributed by atoms with van der Waals surface area (Å²) in [6.07, 6.45) is 3.74. The molecule has 1 N–H and O–H groups in total. The molecular weight excluding hydrogens is 104 g/mol. The van der Waals surface area contributed by atoms with Crippen molar-refractivity contribution < 1.29 is 9.84 Å². The topological polar surface area (TPSA) is 29.5 Å². The maximum absolute atomic E-state index is 8.58. The van der Waals surface area contributed by atoms with Crippen molar-refractivity contribution in [3.8, 4) is 0 Å². The van der Waals surface area contributed by atoms with E-state index in [0.717, 1.165) is 0 Å². The molecule has 0 heterocycles. The summed E-state index contributed by atoms with van der Waals surface area (Å²) in [4.78, 5) is 0. The van der Waals surface area contributed by atoms with Crippen molar-refractivity contribution in [3.05, 3.63) is 25.2 Å². The highest BCUT2D eigenvalue weighted by atomic mass is 16.5. The molecule has 0 aromatic carbocycles. The smallest absolute Gasteiger partial charge is 0.0886 e. The van der Waals surface area contributed by atoms with E-state index in [4.69, 9.17) is 5.11 Å². The average molecular weight is 114 g/mol. The van der Waals surface area contributed by atoms with E-state index in [2.05, 4.69) is 11.3 Å². The Morgan fingerprint density at radius 1 is 1.75 bits per heavy atom. The van der Waals surface area contributed by atoms with Crippen LogP contribution in [0.4, 0.5) is 0 Å². The van der Waals surface area contributed by atoms with Gasteiger partial charge in [0.1, 0.15) is 0 Å². The molecule has 0 fully saturated rings. The zero-order valence-corrected chi connectivity index (χ0v) is 4.87. The normalized spacial score (nSPS) is 13.8. The molecule has 46 valence electrons. The van der Waals surface area contributed by atoms with Crippen LogP contribution in [-0.4, -0.2) is 11.2 Å². The van der Waals surface area contributed by atoms with Crippen LogP contribution in [0.25, 0.3) is 0 Å². The van der Waals surface area contributed by atoms with Crippen molar-refractivity contribution in [3.63, 3.8) is 0 Å². The van der Waals surface area contributed by atoms with Crippen molar-refractivity contribution in [2.75, 3.05) is 0 Å². The van der Waals surface area contributed by atoms with Gasteiger partial charge in [-0.1, -0.05) is 6.58 Å². The van der Waals surface area contributed by atoms with Gasteiger partial charge in [-0.15, -0.1) is 0 Å². The summed E-state index contributed by atoms with van der Waals surface area (Å²) in [6, 6.07) is 0. The molecule has 0 aromatic heterocycles. The van der Waals surface area contributed by atoms with Crippen LogP contribution in [0.3, 0.4) is 0 Å². The lowest BCUT2D eigenvalue weighted by Gasteiger charge is -1.90. The number of aliphatic hydroxyl groups excluding tert-OH is 1. The Morgan fingerprint density at radius 3 is 2.75 bits per heavy atom. The van der Waals surface area contributed by atoms with Crippen LogP contribution in [0.2, 0.25) is 0 Å². The van der Waals surface area contributed by atoms with Crippen molar-refractivity contribution in [1.29, 1.82) is 0 Å². The summed E-state index contributed by atoms with van der Waals surface area (Å²) in [7, 11) is 0. The number of aliphatic hydroxyl groups is 1. The first-order chi connectivity index (χ1) is 3.77. The Balaban J connectivity index is 3.19. The van der Waals surface area contributed by atoms with Crippen molar-refractivity contribution in [2.45, 2.75) is 13.0 Å². The van der Waals surface area contributed by atoms with Crippen molar-refractivity contribution in [1.82, 2.24) is 0 Å². The lowest BCUT2D eigenvalue weighted by molar-refractivity contribution is 0.239. The molecule has 2 heteroatoms. The van der Waals surface area contributed by atoms with Crippen LogP contribution in [0.5, 0.6) is 0 Å². The van der Waals surface area contributed by atoms with E-state index in [1.807, 2.05) is 0 Å². The first kappa shape index (κ1) is 7.24. The number of hydrogen-bond acceptors (Lipinski definition) is 2. The monoisotopic (exact) mass is 114 g/mol. The molecule has 0 rings (SSSR count). The van der Waals surface area contributed by atoms with E-state index in [-0.39, 0.29) is 0 Å². The lowest BCUT2D eigenvalue weighted by Crippen LogP contribution is -1.91. The fourth-order valence-electron chi connectivity index (χ4n) is 0.215. The summed E-state index contributed by atoms with van der Waals surface area (Å²) < 4.78 is 4.57. The van der Waals surface area contributed by atoms with Crippen molar-refractivity contribution >= 4 is 0 Å². The molecule has 0 spiro atoms. The van der Waals surface area contributed by atoms with Crippen molar-refractivity contribution in [2.24, 2.45) is 0 Å². The second-order valence-electron chi connectivity index (χ2n) is 1.37. The van der Waals surface area contributed by atoms with Crippen LogP contribution >= 0.6 is 0 Å². The Morgan fingerprint density at radius 2 is 2.38 bits per heavy atom. The molecule has 0 aliphatic rings. The van der Waals surface area contributed by atoms with Gasteiger partial charge in [-0.3, -0.25) is 0 Å². The van der Waals surface area contributed by atoms with Crippen LogP contribution in [0.1, 0.15) is 6.92 Å². The molecule has 0 saturated carbocycles. The quantitative estimate of drug-likeness (QED) is 0.555. The van der Waals surface area contributed by atoms with Crippen LogP contribution in [0, 0.1) is 0 Å². The Hall–Kier alpha value is -0.760. The van der Waals surface area contributed by atoms with Gasteiger partial charge >= 0.3 is 0 Å². The van der Waals surface area contributed by atoms with E-state index >= 15 is 0 Å². The highest BCUT2D eigenvalue weighted by Gasteiger charge is 1.81. The molecule has 0 bridgehead atoms. The van der Waals surface area contributed by atoms with Gasteiger partial charge in [-0.25, -0.2) is 0 Å².